The van der Waals surface area contributed by atoms with Gasteiger partial charge in [0, 0.05) is 30.1 Å². The van der Waals surface area contributed by atoms with Crippen LogP contribution in [0.5, 0.6) is 0 Å². The Morgan fingerprint density at radius 3 is 2.67 bits per heavy atom. The molecule has 1 atom stereocenters. The van der Waals surface area contributed by atoms with Gasteiger partial charge in [0.1, 0.15) is 6.26 Å². The van der Waals surface area contributed by atoms with Crippen molar-refractivity contribution < 1.29 is 9.13 Å². The van der Waals surface area contributed by atoms with Crippen molar-refractivity contribution in [2.75, 3.05) is 24.0 Å². The summed E-state index contributed by atoms with van der Waals surface area (Å²) in [5, 5.41) is 1.55. The van der Waals surface area contributed by atoms with Gasteiger partial charge in [0.2, 0.25) is 0 Å². The van der Waals surface area contributed by atoms with Crippen molar-refractivity contribution in [2.24, 2.45) is 5.84 Å². The van der Waals surface area contributed by atoms with Gasteiger partial charge in [0.05, 0.1) is 23.1 Å². The number of aromatic nitrogens is 2. The van der Waals surface area contributed by atoms with Crippen LogP contribution in [-0.2, 0) is 4.74 Å². The molecule has 30 heavy (non-hydrogen) atoms. The Bertz CT molecular complexity index is 1180. The van der Waals surface area contributed by atoms with Crippen molar-refractivity contribution in [3.05, 3.63) is 55.9 Å². The summed E-state index contributed by atoms with van der Waals surface area (Å²) in [7, 11) is 0. The Morgan fingerprint density at radius 1 is 1.23 bits per heavy atom. The molecule has 10 heteroatoms. The van der Waals surface area contributed by atoms with E-state index in [0.29, 0.717) is 46.7 Å². The molecule has 2 aliphatic heterocycles. The number of pyridine rings is 1. The van der Waals surface area contributed by atoms with Crippen molar-refractivity contribution in [1.82, 2.24) is 14.1 Å². The predicted octanol–water partition coefficient (Wildman–Crippen LogP) is 0.864. The monoisotopic (exact) mass is 416 g/mol. The van der Waals surface area contributed by atoms with Crippen LogP contribution in [0, 0.1) is 12.7 Å². The average molecular weight is 416 g/mol. The van der Waals surface area contributed by atoms with Gasteiger partial charge in [-0.1, -0.05) is 0 Å². The first kappa shape index (κ1) is 19.0. The van der Waals surface area contributed by atoms with Crippen LogP contribution in [0.3, 0.4) is 0 Å². The second kappa shape index (κ2) is 6.76. The zero-order chi connectivity index (χ0) is 21.2. The minimum Gasteiger partial charge on any atom is -0.478 e. The molecule has 0 spiro atoms. The number of hydrogen-bond acceptors (Lipinski definition) is 7. The molecule has 1 saturated carbocycles. The Kier molecular flexibility index (Phi) is 4.28. The molecule has 0 amide bonds. The Labute approximate surface area is 171 Å². The summed E-state index contributed by atoms with van der Waals surface area (Å²) in [4.78, 5) is 27.4. The minimum atomic E-state index is -0.738. The second-order valence-electron chi connectivity index (χ2n) is 8.38. The van der Waals surface area contributed by atoms with Crippen LogP contribution in [0.2, 0.25) is 0 Å². The lowest BCUT2D eigenvalue weighted by Gasteiger charge is -2.30. The summed E-state index contributed by atoms with van der Waals surface area (Å²) < 4.78 is 22.4. The van der Waals surface area contributed by atoms with E-state index in [1.165, 1.54) is 4.40 Å². The lowest BCUT2D eigenvalue weighted by molar-refractivity contribution is 0.166. The SMILES string of the molecule is Cc1c(N2CCCC2CC2=COCN2N)c(F)cn2c(=O)n(N)c(=O)c(C3CC3)c12. The molecule has 9 nitrogen and oxygen atoms in total. The second-order valence-corrected chi connectivity index (χ2v) is 8.38. The number of nitrogens with two attached hydrogens (primary N) is 2. The Hall–Kier alpha value is -3.01. The largest absolute Gasteiger partial charge is 0.478 e. The number of aryl methyl sites for hydroxylation is 1. The molecular formula is C20H25FN6O3. The Morgan fingerprint density at radius 2 is 2.00 bits per heavy atom. The number of nitrogen functional groups attached to an aromatic ring is 1. The fourth-order valence-electron chi connectivity index (χ4n) is 4.83. The van der Waals surface area contributed by atoms with E-state index in [1.807, 2.05) is 4.90 Å². The van der Waals surface area contributed by atoms with Crippen molar-refractivity contribution in [3.63, 3.8) is 0 Å². The number of rotatable bonds is 4. The van der Waals surface area contributed by atoms with Crippen molar-refractivity contribution >= 4 is 11.2 Å². The van der Waals surface area contributed by atoms with E-state index in [4.69, 9.17) is 16.4 Å². The van der Waals surface area contributed by atoms with Gasteiger partial charge in [-0.25, -0.2) is 15.0 Å². The fraction of sp³-hybridized carbons (Fsp3) is 0.500. The number of hydrogen-bond donors (Lipinski definition) is 2. The van der Waals surface area contributed by atoms with Crippen LogP contribution >= 0.6 is 0 Å². The zero-order valence-electron chi connectivity index (χ0n) is 16.8. The third-order valence-electron chi connectivity index (χ3n) is 6.43. The van der Waals surface area contributed by atoms with Gasteiger partial charge in [-0.2, -0.15) is 4.68 Å². The first-order valence-corrected chi connectivity index (χ1v) is 10.2. The topological polar surface area (TPSA) is 111 Å². The van der Waals surface area contributed by atoms with Gasteiger partial charge in [-0.3, -0.25) is 14.2 Å². The van der Waals surface area contributed by atoms with E-state index < -0.39 is 17.1 Å². The van der Waals surface area contributed by atoms with Gasteiger partial charge in [0.15, 0.2) is 12.5 Å². The Balaban J connectivity index is 1.66. The molecule has 0 bridgehead atoms. The zero-order valence-corrected chi connectivity index (χ0v) is 16.8. The molecule has 1 unspecified atom stereocenters. The number of hydrazine groups is 1. The van der Waals surface area contributed by atoms with Crippen LogP contribution in [0.1, 0.15) is 49.1 Å². The first-order chi connectivity index (χ1) is 14.4. The summed E-state index contributed by atoms with van der Waals surface area (Å²) in [5.41, 5.74) is 1.67. The van der Waals surface area contributed by atoms with E-state index in [0.717, 1.165) is 37.6 Å². The highest BCUT2D eigenvalue weighted by Crippen LogP contribution is 2.42. The minimum absolute atomic E-state index is 0.0469. The molecule has 1 aliphatic carbocycles. The predicted molar refractivity (Wildman–Crippen MR) is 110 cm³/mol. The molecule has 2 fully saturated rings. The van der Waals surface area contributed by atoms with E-state index >= 15 is 4.39 Å². The molecule has 160 valence electrons. The molecule has 4 heterocycles. The molecular weight excluding hydrogens is 391 g/mol. The summed E-state index contributed by atoms with van der Waals surface area (Å²) in [6.07, 6.45) is 6.98. The average Bonchev–Trinajstić information content (AvgIpc) is 3.32. The van der Waals surface area contributed by atoms with Crippen molar-refractivity contribution in [1.29, 1.82) is 0 Å². The maximum Gasteiger partial charge on any atom is 0.354 e. The fourth-order valence-corrected chi connectivity index (χ4v) is 4.83. The number of nitrogens with zero attached hydrogens (tertiary/aromatic N) is 4. The van der Waals surface area contributed by atoms with Crippen LogP contribution in [0.15, 0.2) is 27.7 Å². The van der Waals surface area contributed by atoms with Crippen molar-refractivity contribution in [3.8, 4) is 0 Å². The number of halogens is 1. The third kappa shape index (κ3) is 2.78. The molecule has 0 aromatic carbocycles. The molecule has 0 radical (unpaired) electrons. The highest BCUT2D eigenvalue weighted by Gasteiger charge is 2.35. The smallest absolute Gasteiger partial charge is 0.354 e. The summed E-state index contributed by atoms with van der Waals surface area (Å²) >= 11 is 0. The van der Waals surface area contributed by atoms with Gasteiger partial charge in [-0.05, 0) is 38.5 Å². The summed E-state index contributed by atoms with van der Waals surface area (Å²) in [5.74, 6) is 11.2. The number of ether oxygens (including phenoxy) is 1. The standard InChI is InChI=1S/C20H25FN6O3/c1-11-17(24-6-2-3-13(24)7-14-9-30-10-26(14)22)15(21)8-25-18(11)16(12-4-5-12)19(28)27(23)20(25)29/h8-9,12-13H,2-7,10,22-23H2,1H3. The third-order valence-corrected chi connectivity index (χ3v) is 6.43. The van der Waals surface area contributed by atoms with E-state index in [9.17, 15) is 9.59 Å². The number of fused-ring (bicyclic) bond motifs is 1. The molecule has 2 aromatic rings. The highest BCUT2D eigenvalue weighted by molar-refractivity contribution is 5.73. The van der Waals surface area contributed by atoms with Crippen LogP contribution in [0.4, 0.5) is 10.1 Å². The number of anilines is 1. The van der Waals surface area contributed by atoms with E-state index in [2.05, 4.69) is 0 Å². The maximum atomic E-state index is 15.4. The van der Waals surface area contributed by atoms with Gasteiger partial charge in [0.25, 0.3) is 5.56 Å². The van der Waals surface area contributed by atoms with Crippen LogP contribution in [-0.4, -0.2) is 33.4 Å². The summed E-state index contributed by atoms with van der Waals surface area (Å²) in [6.45, 7) is 2.78. The molecule has 2 aromatic heterocycles. The first-order valence-electron chi connectivity index (χ1n) is 10.2. The maximum absolute atomic E-state index is 15.4. The molecule has 3 aliphatic rings. The van der Waals surface area contributed by atoms with E-state index in [-0.39, 0.29) is 12.0 Å². The van der Waals surface area contributed by atoms with E-state index in [1.54, 1.807) is 18.2 Å². The highest BCUT2D eigenvalue weighted by atomic mass is 19.1. The van der Waals surface area contributed by atoms with Crippen molar-refractivity contribution in [2.45, 2.75) is 51.0 Å². The molecule has 1 saturated heterocycles. The molecule has 5 rings (SSSR count). The van der Waals surface area contributed by atoms with Gasteiger partial charge in [-0.15, -0.1) is 0 Å². The lowest BCUT2D eigenvalue weighted by atomic mass is 10.0. The normalized spacial score (nSPS) is 21.4. The van der Waals surface area contributed by atoms with Crippen LogP contribution in [0.25, 0.3) is 5.52 Å². The quantitative estimate of drug-likeness (QED) is 0.711. The summed E-state index contributed by atoms with van der Waals surface area (Å²) in [6, 6.07) is 0.0469. The van der Waals surface area contributed by atoms with Gasteiger partial charge < -0.3 is 15.5 Å². The lowest BCUT2D eigenvalue weighted by Crippen LogP contribution is -2.44. The van der Waals surface area contributed by atoms with Crippen LogP contribution < -0.4 is 27.8 Å². The molecule has 4 N–H and O–H groups in total. The van der Waals surface area contributed by atoms with Gasteiger partial charge >= 0.3 is 5.69 Å².